The van der Waals surface area contributed by atoms with Crippen molar-refractivity contribution in [2.24, 2.45) is 0 Å². The summed E-state index contributed by atoms with van der Waals surface area (Å²) >= 11 is 0. The smallest absolute Gasteiger partial charge is 0.145 e. The topological polar surface area (TPSA) is 67.2 Å². The van der Waals surface area contributed by atoms with Crippen LogP contribution in [0.25, 0.3) is 0 Å². The second-order valence-electron chi connectivity index (χ2n) is 4.34. The van der Waals surface area contributed by atoms with Crippen molar-refractivity contribution in [3.63, 3.8) is 0 Å². The second-order valence-corrected chi connectivity index (χ2v) is 4.34. The number of hydrogen-bond acceptors (Lipinski definition) is 4. The molecule has 1 aromatic carbocycles. The second kappa shape index (κ2) is 5.55. The third kappa shape index (κ3) is 3.24. The highest BCUT2D eigenvalue weighted by molar-refractivity contribution is 5.29. The van der Waals surface area contributed by atoms with Gasteiger partial charge in [-0.15, -0.1) is 0 Å². The molecule has 0 aliphatic rings. The molecule has 0 bridgehead atoms. The Kier molecular flexibility index (Phi) is 3.84. The highest BCUT2D eigenvalue weighted by Gasteiger charge is 2.04. The number of nitrogen functional groups attached to an aromatic ring is 1. The lowest BCUT2D eigenvalue weighted by Gasteiger charge is -2.15. The molecule has 5 heteroatoms. The monoisotopic (exact) mass is 246 g/mol. The van der Waals surface area contributed by atoms with E-state index in [0.717, 1.165) is 24.5 Å². The van der Waals surface area contributed by atoms with Crippen molar-refractivity contribution in [3.05, 3.63) is 41.6 Å². The lowest BCUT2D eigenvalue weighted by molar-refractivity contribution is 0.314. The largest absolute Gasteiger partial charge is 0.497 e. The zero-order valence-corrected chi connectivity index (χ0v) is 10.7. The van der Waals surface area contributed by atoms with Gasteiger partial charge in [-0.1, -0.05) is 12.1 Å². The third-order valence-corrected chi connectivity index (χ3v) is 2.68. The number of aromatic nitrogens is 2. The molecule has 0 saturated carbocycles. The third-order valence-electron chi connectivity index (χ3n) is 2.68. The van der Waals surface area contributed by atoms with E-state index in [1.807, 2.05) is 24.3 Å². The summed E-state index contributed by atoms with van der Waals surface area (Å²) in [5.41, 5.74) is 7.79. The number of hydrogen-bond donors (Lipinski definition) is 2. The normalized spacial score (nSPS) is 10.8. The molecule has 5 nitrogen and oxygen atoms in total. The van der Waals surface area contributed by atoms with Crippen LogP contribution in [0.1, 0.15) is 11.3 Å². The van der Waals surface area contributed by atoms with Gasteiger partial charge in [0.1, 0.15) is 11.6 Å². The van der Waals surface area contributed by atoms with Crippen LogP contribution in [0.15, 0.2) is 30.3 Å². The standard InChI is InChI=1S/C13H18N4O/c1-17(9-11-7-13(14)16-15-11)8-10-4-3-5-12(6-10)18-2/h3-7H,8-9H2,1-2H3,(H3,14,15,16). The molecule has 0 spiro atoms. The lowest BCUT2D eigenvalue weighted by atomic mass is 10.2. The minimum Gasteiger partial charge on any atom is -0.497 e. The number of anilines is 1. The van der Waals surface area contributed by atoms with Crippen molar-refractivity contribution in [1.82, 2.24) is 15.1 Å². The molecule has 0 radical (unpaired) electrons. The SMILES string of the molecule is COc1cccc(CN(C)Cc2cc(N)n[nH]2)c1. The van der Waals surface area contributed by atoms with Crippen molar-refractivity contribution < 1.29 is 4.74 Å². The van der Waals surface area contributed by atoms with Crippen LogP contribution < -0.4 is 10.5 Å². The van der Waals surface area contributed by atoms with Crippen LogP contribution in [0.3, 0.4) is 0 Å². The number of ether oxygens (including phenoxy) is 1. The van der Waals surface area contributed by atoms with E-state index < -0.39 is 0 Å². The number of benzene rings is 1. The first kappa shape index (κ1) is 12.4. The van der Waals surface area contributed by atoms with Gasteiger partial charge in [-0.3, -0.25) is 10.00 Å². The minimum absolute atomic E-state index is 0.528. The van der Waals surface area contributed by atoms with Crippen LogP contribution >= 0.6 is 0 Å². The average molecular weight is 246 g/mol. The summed E-state index contributed by atoms with van der Waals surface area (Å²) < 4.78 is 5.21. The predicted octanol–water partition coefficient (Wildman–Crippen LogP) is 1.63. The summed E-state index contributed by atoms with van der Waals surface area (Å²) in [6, 6.07) is 9.91. The Morgan fingerprint density at radius 2 is 2.17 bits per heavy atom. The van der Waals surface area contributed by atoms with Gasteiger partial charge < -0.3 is 10.5 Å². The number of methoxy groups -OCH3 is 1. The molecule has 1 aromatic heterocycles. The maximum Gasteiger partial charge on any atom is 0.145 e. The summed E-state index contributed by atoms with van der Waals surface area (Å²) in [6.07, 6.45) is 0. The van der Waals surface area contributed by atoms with Crippen LogP contribution in [0.4, 0.5) is 5.82 Å². The summed E-state index contributed by atoms with van der Waals surface area (Å²) in [5.74, 6) is 1.41. The van der Waals surface area contributed by atoms with Gasteiger partial charge in [-0.2, -0.15) is 5.10 Å². The maximum absolute atomic E-state index is 5.57. The number of aromatic amines is 1. The molecule has 0 fully saturated rings. The molecule has 2 rings (SSSR count). The van der Waals surface area contributed by atoms with Crippen molar-refractivity contribution in [1.29, 1.82) is 0 Å². The molecule has 1 heterocycles. The molecule has 2 aromatic rings. The van der Waals surface area contributed by atoms with Gasteiger partial charge >= 0.3 is 0 Å². The van der Waals surface area contributed by atoms with E-state index in [9.17, 15) is 0 Å². The molecule has 18 heavy (non-hydrogen) atoms. The van der Waals surface area contributed by atoms with Gasteiger partial charge in [0.2, 0.25) is 0 Å². The van der Waals surface area contributed by atoms with E-state index in [-0.39, 0.29) is 0 Å². The predicted molar refractivity (Wildman–Crippen MR) is 71.2 cm³/mol. The number of nitrogens with zero attached hydrogens (tertiary/aromatic N) is 2. The Bertz CT molecular complexity index is 509. The Morgan fingerprint density at radius 3 is 2.83 bits per heavy atom. The fraction of sp³-hybridized carbons (Fsp3) is 0.308. The summed E-state index contributed by atoms with van der Waals surface area (Å²) in [4.78, 5) is 2.18. The Balaban J connectivity index is 1.96. The minimum atomic E-state index is 0.528. The van der Waals surface area contributed by atoms with E-state index >= 15 is 0 Å². The van der Waals surface area contributed by atoms with Gasteiger partial charge in [-0.25, -0.2) is 0 Å². The van der Waals surface area contributed by atoms with Crippen molar-refractivity contribution in [2.75, 3.05) is 19.9 Å². The van der Waals surface area contributed by atoms with Crippen LogP contribution in [0.2, 0.25) is 0 Å². The zero-order chi connectivity index (χ0) is 13.0. The number of H-pyrrole nitrogens is 1. The number of nitrogens with one attached hydrogen (secondary N) is 1. The van der Waals surface area contributed by atoms with Gasteiger partial charge in [0.15, 0.2) is 0 Å². The maximum atomic E-state index is 5.57. The van der Waals surface area contributed by atoms with Crippen molar-refractivity contribution in [2.45, 2.75) is 13.1 Å². The molecule has 0 unspecified atom stereocenters. The quantitative estimate of drug-likeness (QED) is 0.841. The molecule has 0 atom stereocenters. The first-order chi connectivity index (χ1) is 8.67. The summed E-state index contributed by atoms with van der Waals surface area (Å²) in [6.45, 7) is 1.62. The average Bonchev–Trinajstić information content (AvgIpc) is 2.74. The Labute approximate surface area is 107 Å². The fourth-order valence-electron chi connectivity index (χ4n) is 1.89. The lowest BCUT2D eigenvalue weighted by Crippen LogP contribution is -2.17. The van der Waals surface area contributed by atoms with E-state index in [4.69, 9.17) is 10.5 Å². The molecule has 0 aliphatic heterocycles. The summed E-state index contributed by atoms with van der Waals surface area (Å²) in [5, 5.41) is 6.81. The molecule has 0 saturated heterocycles. The fourth-order valence-corrected chi connectivity index (χ4v) is 1.89. The van der Waals surface area contributed by atoms with Gasteiger partial charge in [0.25, 0.3) is 0 Å². The highest BCUT2D eigenvalue weighted by atomic mass is 16.5. The Hall–Kier alpha value is -2.01. The van der Waals surface area contributed by atoms with E-state index in [0.29, 0.717) is 5.82 Å². The first-order valence-corrected chi connectivity index (χ1v) is 5.78. The van der Waals surface area contributed by atoms with E-state index in [1.165, 1.54) is 5.56 Å². The van der Waals surface area contributed by atoms with Crippen LogP contribution in [-0.2, 0) is 13.1 Å². The van der Waals surface area contributed by atoms with E-state index in [1.54, 1.807) is 7.11 Å². The van der Waals surface area contributed by atoms with Crippen LogP contribution in [0.5, 0.6) is 5.75 Å². The van der Waals surface area contributed by atoms with Crippen molar-refractivity contribution in [3.8, 4) is 5.75 Å². The molecule has 0 amide bonds. The molecule has 0 aliphatic carbocycles. The molecule has 96 valence electrons. The molecular weight excluding hydrogens is 228 g/mol. The highest BCUT2D eigenvalue weighted by Crippen LogP contribution is 2.14. The Morgan fingerprint density at radius 1 is 1.33 bits per heavy atom. The first-order valence-electron chi connectivity index (χ1n) is 5.78. The zero-order valence-electron chi connectivity index (χ0n) is 10.7. The number of nitrogens with two attached hydrogens (primary N) is 1. The molecule has 3 N–H and O–H groups in total. The van der Waals surface area contributed by atoms with Gasteiger partial charge in [0.05, 0.1) is 12.8 Å². The van der Waals surface area contributed by atoms with Crippen LogP contribution in [0, 0.1) is 0 Å². The molecular formula is C13H18N4O. The van der Waals surface area contributed by atoms with E-state index in [2.05, 4.69) is 28.2 Å². The van der Waals surface area contributed by atoms with Crippen molar-refractivity contribution >= 4 is 5.82 Å². The number of rotatable bonds is 5. The van der Waals surface area contributed by atoms with Crippen LogP contribution in [-0.4, -0.2) is 29.3 Å². The summed E-state index contributed by atoms with van der Waals surface area (Å²) in [7, 11) is 3.73. The van der Waals surface area contributed by atoms with Gasteiger partial charge in [0, 0.05) is 19.2 Å². The van der Waals surface area contributed by atoms with Gasteiger partial charge in [-0.05, 0) is 24.7 Å².